The molecule has 1 aliphatic rings. The fourth-order valence-electron chi connectivity index (χ4n) is 3.47. The fourth-order valence-corrected chi connectivity index (χ4v) is 5.94. The largest absolute Gasteiger partial charge is 0.480 e. The Kier molecular flexibility index (Phi) is 5.48. The van der Waals surface area contributed by atoms with E-state index in [2.05, 4.69) is 22.6 Å². The minimum Gasteiger partial charge on any atom is -0.480 e. The van der Waals surface area contributed by atoms with E-state index in [9.17, 15) is 12.8 Å². The Labute approximate surface area is 183 Å². The Morgan fingerprint density at radius 1 is 0.897 bits per heavy atom. The minimum atomic E-state index is -3.86. The molecule has 3 nitrogen and oxygen atoms in total. The van der Waals surface area contributed by atoms with Crippen molar-refractivity contribution in [1.29, 1.82) is 0 Å². The number of hydrogen-bond donors (Lipinski definition) is 0. The molecular weight excluding hydrogens is 502 g/mol. The van der Waals surface area contributed by atoms with Gasteiger partial charge in [-0.1, -0.05) is 83.3 Å². The molecule has 3 aromatic rings. The summed E-state index contributed by atoms with van der Waals surface area (Å²) in [5, 5.41) is 0. The molecular formula is C23H18FIO3S. The number of halogens is 2. The molecule has 0 bridgehead atoms. The maximum absolute atomic E-state index is 13.5. The molecule has 0 saturated heterocycles. The standard InChI is InChI=1S/C23H18FIO3S/c24-19-11-13-20(14-12-19)29(26,27)21-15-23(16-25,18-9-5-2-6-10-18)28-22(21)17-7-3-1-4-8-17/h1-14H,15-16H2. The van der Waals surface area contributed by atoms with E-state index in [4.69, 9.17) is 4.74 Å². The van der Waals surface area contributed by atoms with Crippen LogP contribution in [0.5, 0.6) is 0 Å². The molecule has 0 aliphatic carbocycles. The summed E-state index contributed by atoms with van der Waals surface area (Å²) in [6, 6.07) is 23.8. The lowest BCUT2D eigenvalue weighted by Gasteiger charge is -2.28. The lowest BCUT2D eigenvalue weighted by molar-refractivity contribution is 0.0860. The maximum atomic E-state index is 13.5. The molecule has 0 spiro atoms. The van der Waals surface area contributed by atoms with Crippen molar-refractivity contribution in [3.05, 3.63) is 107 Å². The Morgan fingerprint density at radius 3 is 2.07 bits per heavy atom. The Bertz CT molecular complexity index is 1140. The average molecular weight is 520 g/mol. The molecule has 1 unspecified atom stereocenters. The van der Waals surface area contributed by atoms with Crippen LogP contribution in [0.3, 0.4) is 0 Å². The van der Waals surface area contributed by atoms with Crippen LogP contribution in [0.15, 0.2) is 94.7 Å². The summed E-state index contributed by atoms with van der Waals surface area (Å²) in [4.78, 5) is 0.277. The van der Waals surface area contributed by atoms with Crippen molar-refractivity contribution in [2.75, 3.05) is 4.43 Å². The van der Waals surface area contributed by atoms with Gasteiger partial charge >= 0.3 is 0 Å². The summed E-state index contributed by atoms with van der Waals surface area (Å²) in [5.74, 6) is -0.120. The molecule has 29 heavy (non-hydrogen) atoms. The maximum Gasteiger partial charge on any atom is 0.206 e. The summed E-state index contributed by atoms with van der Waals surface area (Å²) in [6.07, 6.45) is 0.212. The molecule has 1 aliphatic heterocycles. The highest BCUT2D eigenvalue weighted by Crippen LogP contribution is 2.49. The van der Waals surface area contributed by atoms with Crippen LogP contribution in [-0.2, 0) is 20.2 Å². The number of ether oxygens (including phenoxy) is 1. The van der Waals surface area contributed by atoms with Crippen LogP contribution in [0, 0.1) is 5.82 Å². The lowest BCUT2D eigenvalue weighted by Crippen LogP contribution is -2.28. The minimum absolute atomic E-state index is 0.0586. The van der Waals surface area contributed by atoms with Crippen molar-refractivity contribution in [1.82, 2.24) is 0 Å². The zero-order valence-corrected chi connectivity index (χ0v) is 18.4. The molecule has 1 atom stereocenters. The quantitative estimate of drug-likeness (QED) is 0.246. The van der Waals surface area contributed by atoms with Gasteiger partial charge in [-0.15, -0.1) is 0 Å². The molecule has 6 heteroatoms. The number of rotatable bonds is 5. The van der Waals surface area contributed by atoms with E-state index in [1.54, 1.807) is 0 Å². The summed E-state index contributed by atoms with van der Waals surface area (Å²) < 4.78 is 47.4. The van der Waals surface area contributed by atoms with E-state index < -0.39 is 21.3 Å². The first-order valence-electron chi connectivity index (χ1n) is 9.06. The second-order valence-electron chi connectivity index (χ2n) is 6.85. The van der Waals surface area contributed by atoms with Gasteiger partial charge in [-0.2, -0.15) is 0 Å². The predicted octanol–water partition coefficient (Wildman–Crippen LogP) is 5.72. The number of benzene rings is 3. The number of hydrogen-bond acceptors (Lipinski definition) is 3. The third-order valence-electron chi connectivity index (χ3n) is 5.00. The van der Waals surface area contributed by atoms with Gasteiger partial charge < -0.3 is 4.74 Å². The van der Waals surface area contributed by atoms with Crippen molar-refractivity contribution in [3.63, 3.8) is 0 Å². The van der Waals surface area contributed by atoms with Gasteiger partial charge in [0.25, 0.3) is 0 Å². The first-order chi connectivity index (χ1) is 14.0. The van der Waals surface area contributed by atoms with Gasteiger partial charge in [0.1, 0.15) is 17.2 Å². The summed E-state index contributed by atoms with van der Waals surface area (Å²) >= 11 is 2.24. The molecule has 0 amide bonds. The van der Waals surface area contributed by atoms with Gasteiger partial charge in [0.15, 0.2) is 0 Å². The van der Waals surface area contributed by atoms with Crippen LogP contribution < -0.4 is 0 Å². The van der Waals surface area contributed by atoms with E-state index in [0.717, 1.165) is 17.7 Å². The SMILES string of the molecule is O=S(=O)(C1=C(c2ccccc2)OC(CI)(c2ccccc2)C1)c1ccc(F)cc1. The monoisotopic (exact) mass is 520 g/mol. The van der Waals surface area contributed by atoms with Gasteiger partial charge in [0.05, 0.1) is 9.80 Å². The fraction of sp³-hybridized carbons (Fsp3) is 0.130. The van der Waals surface area contributed by atoms with Crippen LogP contribution in [0.1, 0.15) is 17.5 Å². The van der Waals surface area contributed by atoms with Gasteiger partial charge in [0, 0.05) is 16.4 Å². The van der Waals surface area contributed by atoms with E-state index in [0.29, 0.717) is 15.8 Å². The molecule has 0 radical (unpaired) electrons. The van der Waals surface area contributed by atoms with Gasteiger partial charge in [-0.25, -0.2) is 12.8 Å². The van der Waals surface area contributed by atoms with Crippen LogP contribution in [0.2, 0.25) is 0 Å². The van der Waals surface area contributed by atoms with Crippen LogP contribution in [0.4, 0.5) is 4.39 Å². The summed E-state index contributed by atoms with van der Waals surface area (Å²) in [5.41, 5.74) is 0.845. The smallest absolute Gasteiger partial charge is 0.206 e. The second-order valence-corrected chi connectivity index (χ2v) is 9.58. The van der Waals surface area contributed by atoms with Crippen molar-refractivity contribution in [2.24, 2.45) is 0 Å². The van der Waals surface area contributed by atoms with Gasteiger partial charge in [-0.05, 0) is 29.8 Å². The molecule has 0 aromatic heterocycles. The predicted molar refractivity (Wildman–Crippen MR) is 120 cm³/mol. The molecule has 1 heterocycles. The van der Waals surface area contributed by atoms with Gasteiger partial charge in [-0.3, -0.25) is 0 Å². The van der Waals surface area contributed by atoms with Crippen LogP contribution >= 0.6 is 22.6 Å². The van der Waals surface area contributed by atoms with Crippen molar-refractivity contribution in [2.45, 2.75) is 16.9 Å². The summed E-state index contributed by atoms with van der Waals surface area (Å²) in [6.45, 7) is 0. The van der Waals surface area contributed by atoms with Crippen molar-refractivity contribution < 1.29 is 17.5 Å². The molecule has 0 fully saturated rings. The molecule has 0 saturated carbocycles. The zero-order valence-electron chi connectivity index (χ0n) is 15.4. The van der Waals surface area contributed by atoms with Crippen molar-refractivity contribution >= 4 is 38.2 Å². The zero-order chi connectivity index (χ0) is 20.5. The van der Waals surface area contributed by atoms with E-state index in [-0.39, 0.29) is 16.2 Å². The van der Waals surface area contributed by atoms with E-state index in [1.165, 1.54) is 12.1 Å². The molecule has 3 aromatic carbocycles. The number of sulfone groups is 1. The average Bonchev–Trinajstić information content (AvgIpc) is 3.18. The normalized spacial score (nSPS) is 19.2. The lowest BCUT2D eigenvalue weighted by atomic mass is 9.93. The highest BCUT2D eigenvalue weighted by Gasteiger charge is 2.46. The highest BCUT2D eigenvalue weighted by molar-refractivity contribution is 14.1. The third kappa shape index (κ3) is 3.71. The topological polar surface area (TPSA) is 43.4 Å². The third-order valence-corrected chi connectivity index (χ3v) is 8.10. The highest BCUT2D eigenvalue weighted by atomic mass is 127. The first kappa shape index (κ1) is 20.1. The Morgan fingerprint density at radius 2 is 1.48 bits per heavy atom. The van der Waals surface area contributed by atoms with Crippen molar-refractivity contribution in [3.8, 4) is 0 Å². The molecule has 148 valence electrons. The summed E-state index contributed by atoms with van der Waals surface area (Å²) in [7, 11) is -3.86. The molecule has 0 N–H and O–H groups in total. The molecule has 4 rings (SSSR count). The second kappa shape index (κ2) is 7.91. The Balaban J connectivity index is 1.88. The van der Waals surface area contributed by atoms with Gasteiger partial charge in [0.2, 0.25) is 9.84 Å². The number of alkyl halides is 1. The van der Waals surface area contributed by atoms with E-state index >= 15 is 0 Å². The van der Waals surface area contributed by atoms with E-state index in [1.807, 2.05) is 60.7 Å². The first-order valence-corrected chi connectivity index (χ1v) is 12.1. The Hall–Kier alpha value is -2.19. The van der Waals surface area contributed by atoms with Crippen LogP contribution in [0.25, 0.3) is 5.76 Å². The van der Waals surface area contributed by atoms with Crippen LogP contribution in [-0.4, -0.2) is 12.8 Å².